The smallest absolute Gasteiger partial charge is 0.174 e. The van der Waals surface area contributed by atoms with Crippen molar-refractivity contribution >= 4 is 172 Å². The van der Waals surface area contributed by atoms with Crippen LogP contribution in [-0.4, -0.2) is 106 Å². The van der Waals surface area contributed by atoms with Crippen LogP contribution in [0.2, 0.25) is 0 Å². The average Bonchev–Trinajstić information content (AvgIpc) is 1.70. The third-order valence-corrected chi connectivity index (χ3v) is 21.5. The number of fused-ring (bicyclic) bond motifs is 12. The summed E-state index contributed by atoms with van der Waals surface area (Å²) in [4.78, 5) is 38.4. The van der Waals surface area contributed by atoms with Crippen molar-refractivity contribution in [3.8, 4) is 0 Å². The first-order valence-corrected chi connectivity index (χ1v) is 42.0. The normalized spacial score (nSPS) is 11.2. The zero-order valence-electron chi connectivity index (χ0n) is 72.5. The Labute approximate surface area is 739 Å². The summed E-state index contributed by atoms with van der Waals surface area (Å²) in [5.74, 6) is 4.26. The van der Waals surface area contributed by atoms with Crippen LogP contribution in [0.4, 0.5) is 29.1 Å². The Kier molecular flexibility index (Phi) is 28.8. The van der Waals surface area contributed by atoms with Gasteiger partial charge in [0.2, 0.25) is 0 Å². The molecule has 642 valence electrons. The number of hydrogen-bond donors (Lipinski definition) is 14. The van der Waals surface area contributed by atoms with Crippen molar-refractivity contribution in [3.63, 3.8) is 0 Å². The number of rotatable bonds is 0. The molecule has 2 aliphatic rings. The number of aryl methyl sites for hydroxylation is 12. The molecule has 0 bridgehead atoms. The molecule has 15 aromatic heterocycles. The molecule has 0 amide bonds. The number of nitrogens with one attached hydrogen (secondary N) is 7. The first kappa shape index (κ1) is 88.8. The van der Waals surface area contributed by atoms with Crippen molar-refractivity contribution in [2.45, 2.75) is 96.2 Å². The molecule has 29 nitrogen and oxygen atoms in total. The van der Waals surface area contributed by atoms with E-state index in [2.05, 4.69) is 199 Å². The van der Waals surface area contributed by atoms with Gasteiger partial charge in [-0.05, 0) is 271 Å². The number of aromatic nitrogens is 19. The Hall–Kier alpha value is -16.0. The monoisotopic (exact) mass is 1720 g/mol. The van der Waals surface area contributed by atoms with Crippen LogP contribution in [0.5, 0.6) is 0 Å². The molecular formula is C96H100N28OS2. The molecule has 0 atom stereocenters. The zero-order valence-corrected chi connectivity index (χ0v) is 74.1. The quantitative estimate of drug-likeness (QED) is 0.0670. The highest BCUT2D eigenvalue weighted by molar-refractivity contribution is 7.14. The van der Waals surface area contributed by atoms with Gasteiger partial charge >= 0.3 is 0 Å². The van der Waals surface area contributed by atoms with E-state index in [-0.39, 0.29) is 0 Å². The Bertz CT molecular complexity index is 6850. The number of amidine groups is 2. The van der Waals surface area contributed by atoms with Gasteiger partial charge in [-0.2, -0.15) is 29.1 Å². The SMILES string of the molecule is Cc1cc2[nH]ccc2cn1.Cc1ccc2[nH]nc(N)c2c1.Cc1ccc2c(N)n[nH]c2c1.Cc1ccc2c(N)noc2c1.Cc1ccc2c(N)nsc2c1.Cc1ccc2c(c1)C(N)=NC2.Cc1ccc2c(c1)CN=C2N.Cc1ccc2snc(N)c2c1.Cc1cnc2[nH]ccc2c1.Cc1cnc2[nH]ncc2c1.Cc1cnc2cc[nH]c2c1.Cc1cnc2cn[nH]c2c1. The number of hydrogen-bond acceptors (Lipinski definition) is 24. The highest BCUT2D eigenvalue weighted by Gasteiger charge is 2.14. The Morgan fingerprint density at radius 1 is 0.307 bits per heavy atom. The second-order valence-electron chi connectivity index (χ2n) is 30.6. The maximum atomic E-state index is 5.67. The summed E-state index contributed by atoms with van der Waals surface area (Å²) in [6.07, 6.45) is 18.5. The van der Waals surface area contributed by atoms with Gasteiger partial charge in [-0.1, -0.05) is 88.1 Å². The summed E-state index contributed by atoms with van der Waals surface area (Å²) >= 11 is 2.90. The van der Waals surface area contributed by atoms with Crippen LogP contribution in [0.25, 0.3) is 108 Å². The van der Waals surface area contributed by atoms with E-state index in [0.29, 0.717) is 40.8 Å². The first-order chi connectivity index (χ1) is 61.2. The van der Waals surface area contributed by atoms with Crippen molar-refractivity contribution in [1.29, 1.82) is 0 Å². The molecule has 21 N–H and O–H groups in total. The van der Waals surface area contributed by atoms with Gasteiger partial charge in [0, 0.05) is 110 Å². The van der Waals surface area contributed by atoms with E-state index in [0.717, 1.165) is 139 Å². The molecule has 127 heavy (non-hydrogen) atoms. The standard InChI is InChI=1S/2C9H10N2.2C8H9N3.C8H8N2O.2C8H8N2S.3C8H8N2.2C7H7N3/c1-6-2-3-8-7(4-6)5-11-9(8)10;1-6-2-3-7-5-11-9(10)8(7)4-6;1-5-2-3-7-6(4-5)8(9)11-10-7;1-5-2-3-6-7(4-5)10-11-8(6)9;1-5-2-3-6-7(4-5)11-10-8(6)9;1-5-2-3-7-6(4-5)8(9)10-11-7;1-5-2-3-6-7(4-5)11-10-8(6)9;1-6-4-8-7(5-10-6)2-3-9-8;1-6-4-8-7(10-5-6)2-3-9-8;1-6-4-7-2-3-9-8(7)10-5-6;1-5-2-6-7(8-3-5)4-9-10-6;1-5-2-6-4-9-10-7(6)8-3-5/h2*2-4H,5H2,1H3,(H2,10,11);2*2-4H,1H3,(H3,9,10,11);3*2-4H,1H3,(H2,9,10);2*2-5,9H,1H3;2-5H,1H3,(H,9,10);2-4H,1H3,(H,9,10);2-4H,1H3,(H,8,9,10). The lowest BCUT2D eigenvalue weighted by Crippen LogP contribution is -2.10. The number of nitrogens with two attached hydrogens (primary N) is 7. The molecule has 0 aliphatic carbocycles. The van der Waals surface area contributed by atoms with Gasteiger partial charge in [0.05, 0.1) is 67.9 Å². The molecule has 0 radical (unpaired) electrons. The molecule has 24 rings (SSSR count). The van der Waals surface area contributed by atoms with Gasteiger partial charge < -0.3 is 59.6 Å². The van der Waals surface area contributed by atoms with E-state index < -0.39 is 0 Å². The van der Waals surface area contributed by atoms with Crippen LogP contribution in [0, 0.1) is 83.1 Å². The van der Waals surface area contributed by atoms with E-state index in [1.165, 1.54) is 94.2 Å². The van der Waals surface area contributed by atoms with Gasteiger partial charge in [0.15, 0.2) is 28.7 Å². The third-order valence-electron chi connectivity index (χ3n) is 19.9. The Balaban J connectivity index is 0.000000119. The van der Waals surface area contributed by atoms with E-state index >= 15 is 0 Å². The van der Waals surface area contributed by atoms with Gasteiger partial charge in [0.1, 0.15) is 34.5 Å². The van der Waals surface area contributed by atoms with Crippen LogP contribution in [0.3, 0.4) is 0 Å². The van der Waals surface area contributed by atoms with E-state index in [1.807, 2.05) is 214 Å². The molecule has 2 aliphatic heterocycles. The fraction of sp³-hybridized carbons (Fsp3) is 0.146. The summed E-state index contributed by atoms with van der Waals surface area (Å²) in [5.41, 5.74) is 68.1. The van der Waals surface area contributed by atoms with Crippen LogP contribution in [0.15, 0.2) is 252 Å². The topological polar surface area (TPSA) is 485 Å². The largest absolute Gasteiger partial charge is 0.383 e. The minimum absolute atomic E-state index is 0.458. The Morgan fingerprint density at radius 2 is 0.843 bits per heavy atom. The van der Waals surface area contributed by atoms with Crippen molar-refractivity contribution in [1.82, 2.24) is 94.6 Å². The number of benzene rings is 7. The highest BCUT2D eigenvalue weighted by atomic mass is 32.1. The minimum atomic E-state index is 0.458. The van der Waals surface area contributed by atoms with Crippen LogP contribution in [-0.2, 0) is 13.1 Å². The maximum absolute atomic E-state index is 5.67. The van der Waals surface area contributed by atoms with Crippen LogP contribution >= 0.6 is 23.1 Å². The molecule has 31 heteroatoms. The second kappa shape index (κ2) is 41.2. The van der Waals surface area contributed by atoms with Gasteiger partial charge in [-0.15, -0.1) is 0 Å². The summed E-state index contributed by atoms with van der Waals surface area (Å²) in [5, 5.41) is 38.9. The van der Waals surface area contributed by atoms with Crippen molar-refractivity contribution in [3.05, 3.63) is 327 Å². The third kappa shape index (κ3) is 23.6. The molecule has 0 unspecified atom stereocenters. The van der Waals surface area contributed by atoms with Crippen molar-refractivity contribution in [2.24, 2.45) is 21.5 Å². The van der Waals surface area contributed by atoms with Crippen molar-refractivity contribution < 1.29 is 4.52 Å². The Morgan fingerprint density at radius 3 is 1.61 bits per heavy atom. The van der Waals surface area contributed by atoms with E-state index in [9.17, 15) is 0 Å². The van der Waals surface area contributed by atoms with E-state index in [4.69, 9.17) is 44.7 Å². The summed E-state index contributed by atoms with van der Waals surface area (Å²) in [6, 6.07) is 59.0. The van der Waals surface area contributed by atoms with E-state index in [1.54, 1.807) is 12.4 Å². The predicted octanol–water partition coefficient (Wildman–Crippen LogP) is 19.6. The number of pyridine rings is 5. The lowest BCUT2D eigenvalue weighted by atomic mass is 10.1. The number of nitrogens with zero attached hydrogens (tertiary/aromatic N) is 14. The fourth-order valence-electron chi connectivity index (χ4n) is 13.2. The lowest BCUT2D eigenvalue weighted by Gasteiger charge is -1.99. The molecule has 22 aromatic rings. The number of H-pyrrole nitrogens is 7. The maximum Gasteiger partial charge on any atom is 0.174 e. The molecule has 0 fully saturated rings. The van der Waals surface area contributed by atoms with Gasteiger partial charge in [-0.25, -0.2) is 9.97 Å². The molecular weight excluding hydrogens is 1630 g/mol. The number of anilines is 5. The molecule has 0 spiro atoms. The lowest BCUT2D eigenvalue weighted by molar-refractivity contribution is 0.460. The van der Waals surface area contributed by atoms with Gasteiger partial charge in [-0.3, -0.25) is 45.3 Å². The number of aromatic amines is 7. The molecule has 7 aromatic carbocycles. The minimum Gasteiger partial charge on any atom is -0.383 e. The number of nitrogen functional groups attached to an aromatic ring is 5. The van der Waals surface area contributed by atoms with Gasteiger partial charge in [0.25, 0.3) is 0 Å². The van der Waals surface area contributed by atoms with Crippen LogP contribution in [0.1, 0.15) is 89.1 Å². The molecule has 0 saturated heterocycles. The van der Waals surface area contributed by atoms with Crippen molar-refractivity contribution in [2.75, 3.05) is 28.7 Å². The summed E-state index contributed by atoms with van der Waals surface area (Å²) in [7, 11) is 0. The molecule has 17 heterocycles. The summed E-state index contributed by atoms with van der Waals surface area (Å²) in [6.45, 7) is 25.9. The number of aliphatic imine (C=N–C) groups is 2. The fourth-order valence-corrected chi connectivity index (χ4v) is 14.7. The first-order valence-electron chi connectivity index (χ1n) is 40.5. The van der Waals surface area contributed by atoms with Crippen LogP contribution < -0.4 is 40.1 Å². The molecule has 0 saturated carbocycles. The highest BCUT2D eigenvalue weighted by Crippen LogP contribution is 2.28. The second-order valence-corrected chi connectivity index (χ2v) is 32.2. The predicted molar refractivity (Wildman–Crippen MR) is 522 cm³/mol. The summed E-state index contributed by atoms with van der Waals surface area (Å²) < 4.78 is 15.4. The zero-order chi connectivity index (χ0) is 89.8. The average molecular weight is 1730 g/mol.